The fraction of sp³-hybridized carbons (Fsp3) is 0.125. The highest BCUT2D eigenvalue weighted by atomic mass is 16.5. The number of carboxylic acids is 1. The maximum atomic E-state index is 10.4. The van der Waals surface area contributed by atoms with Crippen LogP contribution in [0.15, 0.2) is 24.3 Å². The van der Waals surface area contributed by atoms with Crippen LogP contribution in [0.4, 0.5) is 0 Å². The van der Waals surface area contributed by atoms with Crippen LogP contribution in [0.25, 0.3) is 0 Å². The van der Waals surface area contributed by atoms with Crippen molar-refractivity contribution in [3.05, 3.63) is 35.4 Å². The Hall–Kier alpha value is -1.35. The van der Waals surface area contributed by atoms with Gasteiger partial charge in [-0.05, 0) is 17.7 Å². The molecule has 0 fully saturated rings. The maximum Gasteiger partial charge on any atom is 0.335 e. The third-order valence-corrected chi connectivity index (χ3v) is 1.44. The van der Waals surface area contributed by atoms with Crippen LogP contribution in [-0.4, -0.2) is 11.1 Å². The highest BCUT2D eigenvalue weighted by molar-refractivity contribution is 5.87. The number of benzene rings is 1. The summed E-state index contributed by atoms with van der Waals surface area (Å²) in [5.74, 6) is -0.909. The van der Waals surface area contributed by atoms with E-state index in [4.69, 9.17) is 10.8 Å². The summed E-state index contributed by atoms with van der Waals surface area (Å²) in [5.41, 5.74) is 6.56. The van der Waals surface area contributed by atoms with Crippen LogP contribution in [0.1, 0.15) is 15.9 Å². The third-order valence-electron chi connectivity index (χ3n) is 1.44. The van der Waals surface area contributed by atoms with E-state index in [1.807, 2.05) is 0 Å². The van der Waals surface area contributed by atoms with Gasteiger partial charge >= 0.3 is 5.97 Å². The number of hydrogen-bond acceptors (Lipinski definition) is 2. The van der Waals surface area contributed by atoms with Gasteiger partial charge in [0.15, 0.2) is 0 Å². The molecule has 1 rings (SSSR count). The van der Waals surface area contributed by atoms with Gasteiger partial charge in [0.2, 0.25) is 0 Å². The van der Waals surface area contributed by atoms with E-state index in [2.05, 4.69) is 0 Å². The highest BCUT2D eigenvalue weighted by Gasteiger charge is 1.99. The number of hydrogen-bond donors (Lipinski definition) is 2. The Labute approximate surface area is 64.5 Å². The molecular weight excluding hydrogens is 145 g/mol. The molecule has 0 unspecified atom stereocenters. The summed E-state index contributed by atoms with van der Waals surface area (Å²) >= 11 is 0. The first-order chi connectivity index (χ1) is 5.24. The molecule has 0 amide bonds. The van der Waals surface area contributed by atoms with E-state index in [1.54, 1.807) is 24.3 Å². The SMILES string of the molecule is [15NH2][13CH2]c1ccc([13C](=O)O)cc1. The lowest BCUT2D eigenvalue weighted by atomic mass is 10.2. The van der Waals surface area contributed by atoms with Crippen molar-refractivity contribution >= 4 is 5.97 Å². The summed E-state index contributed by atoms with van der Waals surface area (Å²) in [6.07, 6.45) is 0. The van der Waals surface area contributed by atoms with Gasteiger partial charge in [-0.15, -0.1) is 0 Å². The molecule has 11 heavy (non-hydrogen) atoms. The molecule has 3 heteroatoms. The van der Waals surface area contributed by atoms with E-state index in [1.165, 1.54) is 0 Å². The second kappa shape index (κ2) is 3.16. The summed E-state index contributed by atoms with van der Waals surface area (Å²) in [5, 5.41) is 8.52. The highest BCUT2D eigenvalue weighted by Crippen LogP contribution is 2.02. The van der Waals surface area contributed by atoms with E-state index < -0.39 is 5.97 Å². The van der Waals surface area contributed by atoms with Crippen molar-refractivity contribution in [2.24, 2.45) is 5.73 Å². The van der Waals surface area contributed by atoms with Gasteiger partial charge in [0.1, 0.15) is 0 Å². The second-order valence-electron chi connectivity index (χ2n) is 2.21. The second-order valence-corrected chi connectivity index (χ2v) is 2.21. The maximum absolute atomic E-state index is 10.4. The first-order valence-electron chi connectivity index (χ1n) is 3.26. The lowest BCUT2D eigenvalue weighted by Gasteiger charge is -1.96. The molecule has 0 spiro atoms. The summed E-state index contributed by atoms with van der Waals surface area (Å²) in [7, 11) is 0. The van der Waals surface area contributed by atoms with Crippen molar-refractivity contribution < 1.29 is 9.90 Å². The monoisotopic (exact) mass is 154 g/mol. The zero-order valence-corrected chi connectivity index (χ0v) is 5.95. The van der Waals surface area contributed by atoms with Gasteiger partial charge in [-0.25, -0.2) is 4.79 Å². The van der Waals surface area contributed by atoms with Gasteiger partial charge < -0.3 is 10.8 Å². The van der Waals surface area contributed by atoms with Crippen molar-refractivity contribution in [3.8, 4) is 0 Å². The molecule has 0 aliphatic carbocycles. The Morgan fingerprint density at radius 3 is 2.27 bits per heavy atom. The molecule has 58 valence electrons. The van der Waals surface area contributed by atoms with E-state index in [0.29, 0.717) is 12.1 Å². The average molecular weight is 154 g/mol. The molecule has 0 atom stereocenters. The third kappa shape index (κ3) is 1.78. The van der Waals surface area contributed by atoms with E-state index in [0.717, 1.165) is 5.56 Å². The van der Waals surface area contributed by atoms with Crippen LogP contribution < -0.4 is 5.73 Å². The fourth-order valence-electron chi connectivity index (χ4n) is 0.783. The van der Waals surface area contributed by atoms with Gasteiger partial charge in [-0.2, -0.15) is 0 Å². The average Bonchev–Trinajstić information content (AvgIpc) is 2.05. The zero-order valence-electron chi connectivity index (χ0n) is 5.95. The molecule has 0 heterocycles. The van der Waals surface area contributed by atoms with Crippen molar-refractivity contribution in [1.29, 1.82) is 0 Å². The van der Waals surface area contributed by atoms with Crippen LogP contribution in [0.2, 0.25) is 0 Å². The van der Waals surface area contributed by atoms with Crippen LogP contribution >= 0.6 is 0 Å². The molecule has 0 radical (unpaired) electrons. The number of rotatable bonds is 2. The molecule has 1 aromatic carbocycles. The van der Waals surface area contributed by atoms with E-state index in [9.17, 15) is 4.79 Å². The molecule has 0 saturated heterocycles. The van der Waals surface area contributed by atoms with Crippen molar-refractivity contribution in [3.63, 3.8) is 0 Å². The van der Waals surface area contributed by atoms with Crippen molar-refractivity contribution in [1.82, 2.24) is 0 Å². The predicted molar refractivity (Wildman–Crippen MR) is 41.3 cm³/mol. The van der Waals surface area contributed by atoms with E-state index in [-0.39, 0.29) is 0 Å². The molecule has 3 nitrogen and oxygen atoms in total. The Balaban J connectivity index is 2.91. The van der Waals surface area contributed by atoms with Crippen LogP contribution in [0, 0.1) is 0 Å². The molecular formula is C8H9NO2. The molecule has 3 N–H and O–H groups in total. The van der Waals surface area contributed by atoms with Gasteiger partial charge in [-0.3, -0.25) is 0 Å². The van der Waals surface area contributed by atoms with Gasteiger partial charge in [-0.1, -0.05) is 12.1 Å². The first-order valence-corrected chi connectivity index (χ1v) is 3.26. The van der Waals surface area contributed by atoms with Gasteiger partial charge in [0.05, 0.1) is 5.56 Å². The number of carbonyl (C=O) groups is 1. The fourth-order valence-corrected chi connectivity index (χ4v) is 0.783. The summed E-state index contributed by atoms with van der Waals surface area (Å²) < 4.78 is 0. The lowest BCUT2D eigenvalue weighted by Crippen LogP contribution is -1.99. The van der Waals surface area contributed by atoms with Crippen LogP contribution in [-0.2, 0) is 6.54 Å². The molecule has 0 aliphatic heterocycles. The minimum Gasteiger partial charge on any atom is -0.478 e. The van der Waals surface area contributed by atoms with Gasteiger partial charge in [0.25, 0.3) is 0 Å². The standard InChI is InChI=1S/C8H9NO2/c9-5-6-1-3-7(4-2-6)8(10)11/h1-4H,5,9H2,(H,10,11)/i5+1,8+1,9+1. The Morgan fingerprint density at radius 1 is 1.36 bits per heavy atom. The molecule has 1 aromatic rings. The predicted octanol–water partition coefficient (Wildman–Crippen LogP) is 0.844. The largest absolute Gasteiger partial charge is 0.478 e. The Kier molecular flexibility index (Phi) is 2.23. The lowest BCUT2D eigenvalue weighted by molar-refractivity contribution is 0.0697. The summed E-state index contributed by atoms with van der Waals surface area (Å²) in [6.45, 7) is 0.444. The minimum atomic E-state index is -0.909. The topological polar surface area (TPSA) is 63.3 Å². The van der Waals surface area contributed by atoms with Crippen molar-refractivity contribution in [2.45, 2.75) is 6.54 Å². The summed E-state index contributed by atoms with van der Waals surface area (Å²) in [4.78, 5) is 10.4. The van der Waals surface area contributed by atoms with Crippen LogP contribution in [0.5, 0.6) is 0 Å². The number of carboxylic acid groups (broad SMARTS) is 1. The molecule has 0 bridgehead atoms. The van der Waals surface area contributed by atoms with E-state index >= 15 is 0 Å². The number of aromatic carboxylic acids is 1. The quantitative estimate of drug-likeness (QED) is 0.490. The van der Waals surface area contributed by atoms with Gasteiger partial charge in [0, 0.05) is 6.54 Å². The smallest absolute Gasteiger partial charge is 0.335 e. The Morgan fingerprint density at radius 2 is 1.91 bits per heavy atom. The minimum absolute atomic E-state index is 0.294. The summed E-state index contributed by atoms with van der Waals surface area (Å²) in [6, 6.07) is 6.52. The molecule has 0 aromatic heterocycles. The molecule has 0 aliphatic rings. The number of nitrogens with two attached hydrogens (primary N) is 1. The normalized spacial score (nSPS) is 9.55. The first kappa shape index (κ1) is 7.75. The van der Waals surface area contributed by atoms with Crippen LogP contribution in [0.3, 0.4) is 0 Å². The molecule has 0 saturated carbocycles. The Bertz CT molecular complexity index is 253. The zero-order chi connectivity index (χ0) is 8.27. The van der Waals surface area contributed by atoms with Crippen molar-refractivity contribution in [2.75, 3.05) is 0 Å².